The third-order valence-electron chi connectivity index (χ3n) is 3.05. The first-order valence-electron chi connectivity index (χ1n) is 5.73. The molecule has 1 aromatic rings. The van der Waals surface area contributed by atoms with Crippen molar-refractivity contribution in [3.05, 3.63) is 24.2 Å². The molecule has 4 nitrogen and oxygen atoms in total. The molecule has 0 radical (unpaired) electrons. The molecule has 1 aliphatic rings. The molecule has 0 amide bonds. The fourth-order valence-electron chi connectivity index (χ4n) is 1.89. The maximum atomic E-state index is 11.7. The minimum absolute atomic E-state index is 0.101. The molecule has 1 aliphatic heterocycles. The van der Waals surface area contributed by atoms with Gasteiger partial charge in [0.25, 0.3) is 0 Å². The molecule has 0 saturated carbocycles. The number of carbonyl (C=O) groups excluding carboxylic acids is 1. The van der Waals surface area contributed by atoms with E-state index in [-0.39, 0.29) is 5.78 Å². The fourth-order valence-corrected chi connectivity index (χ4v) is 1.89. The number of nitrogens with zero attached hydrogens (tertiary/aromatic N) is 2. The van der Waals surface area contributed by atoms with Gasteiger partial charge < -0.3 is 14.2 Å². The molecule has 0 aromatic carbocycles. The fraction of sp³-hybridized carbons (Fsp3) is 0.583. The molecule has 0 unspecified atom stereocenters. The topological polar surface area (TPSA) is 36.7 Å². The van der Waals surface area contributed by atoms with Crippen molar-refractivity contribution in [1.29, 1.82) is 0 Å². The standard InChI is InChI=1S/C12H18N2O2/c1-13-6-8-14(9-7-13)5-4-11(15)12-3-2-10-16-12/h2-3,10H,4-9H2,1H3. The second-order valence-corrected chi connectivity index (χ2v) is 4.30. The summed E-state index contributed by atoms with van der Waals surface area (Å²) in [5, 5.41) is 0. The lowest BCUT2D eigenvalue weighted by molar-refractivity contribution is 0.0915. The lowest BCUT2D eigenvalue weighted by Gasteiger charge is -2.32. The quantitative estimate of drug-likeness (QED) is 0.715. The van der Waals surface area contributed by atoms with Crippen LogP contribution in [0, 0.1) is 0 Å². The predicted molar refractivity (Wildman–Crippen MR) is 61.6 cm³/mol. The van der Waals surface area contributed by atoms with Gasteiger partial charge in [0.05, 0.1) is 6.26 Å². The number of hydrogen-bond acceptors (Lipinski definition) is 4. The Labute approximate surface area is 95.8 Å². The Morgan fingerprint density at radius 3 is 2.75 bits per heavy atom. The van der Waals surface area contributed by atoms with Crippen molar-refractivity contribution in [2.24, 2.45) is 0 Å². The number of piperazine rings is 1. The highest BCUT2D eigenvalue weighted by Crippen LogP contribution is 2.06. The van der Waals surface area contributed by atoms with Crippen LogP contribution in [0.1, 0.15) is 17.0 Å². The summed E-state index contributed by atoms with van der Waals surface area (Å²) < 4.78 is 5.08. The number of carbonyl (C=O) groups is 1. The van der Waals surface area contributed by atoms with Gasteiger partial charge in [-0.25, -0.2) is 0 Å². The van der Waals surface area contributed by atoms with Crippen molar-refractivity contribution >= 4 is 5.78 Å². The summed E-state index contributed by atoms with van der Waals surface area (Å²) in [6.45, 7) is 5.14. The summed E-state index contributed by atoms with van der Waals surface area (Å²) in [4.78, 5) is 16.3. The maximum absolute atomic E-state index is 11.7. The molecule has 16 heavy (non-hydrogen) atoms. The van der Waals surface area contributed by atoms with E-state index in [1.54, 1.807) is 18.4 Å². The van der Waals surface area contributed by atoms with Gasteiger partial charge >= 0.3 is 0 Å². The number of rotatable bonds is 4. The molecule has 0 spiro atoms. The first-order valence-corrected chi connectivity index (χ1v) is 5.73. The first-order chi connectivity index (χ1) is 7.75. The molecule has 0 bridgehead atoms. The second kappa shape index (κ2) is 5.27. The van der Waals surface area contributed by atoms with Crippen LogP contribution in [0.5, 0.6) is 0 Å². The van der Waals surface area contributed by atoms with Gasteiger partial charge in [-0.05, 0) is 19.2 Å². The zero-order chi connectivity index (χ0) is 11.4. The van der Waals surface area contributed by atoms with Crippen molar-refractivity contribution < 1.29 is 9.21 Å². The van der Waals surface area contributed by atoms with Crippen LogP contribution in [0.15, 0.2) is 22.8 Å². The van der Waals surface area contributed by atoms with Gasteiger partial charge in [-0.3, -0.25) is 4.79 Å². The van der Waals surface area contributed by atoms with E-state index in [9.17, 15) is 4.79 Å². The summed E-state index contributed by atoms with van der Waals surface area (Å²) in [5.41, 5.74) is 0. The van der Waals surface area contributed by atoms with E-state index in [1.165, 1.54) is 0 Å². The first kappa shape index (κ1) is 11.4. The SMILES string of the molecule is CN1CCN(CCC(=O)c2ccco2)CC1. The number of Topliss-reactive ketones (excluding diaryl/α,β-unsaturated/α-hetero) is 1. The number of furan rings is 1. The third-order valence-corrected chi connectivity index (χ3v) is 3.05. The molecule has 1 aromatic heterocycles. The third kappa shape index (κ3) is 2.93. The van der Waals surface area contributed by atoms with Gasteiger partial charge in [0.15, 0.2) is 11.5 Å². The van der Waals surface area contributed by atoms with E-state index in [0.29, 0.717) is 12.2 Å². The number of ketones is 1. The molecule has 1 saturated heterocycles. The van der Waals surface area contributed by atoms with Crippen LogP contribution in [0.25, 0.3) is 0 Å². The van der Waals surface area contributed by atoms with Crippen LogP contribution in [0.4, 0.5) is 0 Å². The molecule has 2 heterocycles. The summed E-state index contributed by atoms with van der Waals surface area (Å²) in [7, 11) is 2.13. The van der Waals surface area contributed by atoms with E-state index >= 15 is 0 Å². The normalized spacial score (nSPS) is 18.8. The minimum atomic E-state index is 0.101. The van der Waals surface area contributed by atoms with Gasteiger partial charge in [-0.15, -0.1) is 0 Å². The molecular formula is C12H18N2O2. The summed E-state index contributed by atoms with van der Waals surface area (Å²) >= 11 is 0. The number of hydrogen-bond donors (Lipinski definition) is 0. The van der Waals surface area contributed by atoms with E-state index in [2.05, 4.69) is 16.8 Å². The Morgan fingerprint density at radius 1 is 1.38 bits per heavy atom. The van der Waals surface area contributed by atoms with Crippen LogP contribution in [0.2, 0.25) is 0 Å². The second-order valence-electron chi connectivity index (χ2n) is 4.30. The van der Waals surface area contributed by atoms with Crippen molar-refractivity contribution in [2.45, 2.75) is 6.42 Å². The van der Waals surface area contributed by atoms with Crippen LogP contribution in [0.3, 0.4) is 0 Å². The highest BCUT2D eigenvalue weighted by Gasteiger charge is 2.15. The molecule has 4 heteroatoms. The molecule has 0 N–H and O–H groups in total. The maximum Gasteiger partial charge on any atom is 0.199 e. The van der Waals surface area contributed by atoms with Gasteiger partial charge in [0, 0.05) is 39.1 Å². The summed E-state index contributed by atoms with van der Waals surface area (Å²) in [5.74, 6) is 0.582. The monoisotopic (exact) mass is 222 g/mol. The molecular weight excluding hydrogens is 204 g/mol. The Bertz CT molecular complexity index is 327. The molecule has 0 atom stereocenters. The molecule has 88 valence electrons. The van der Waals surface area contributed by atoms with E-state index in [4.69, 9.17) is 4.42 Å². The molecule has 1 fully saturated rings. The van der Waals surface area contributed by atoms with E-state index in [1.807, 2.05) is 0 Å². The van der Waals surface area contributed by atoms with Crippen molar-refractivity contribution in [1.82, 2.24) is 9.80 Å². The lowest BCUT2D eigenvalue weighted by Crippen LogP contribution is -2.45. The Kier molecular flexibility index (Phi) is 3.74. The van der Waals surface area contributed by atoms with Gasteiger partial charge in [0.1, 0.15) is 0 Å². The van der Waals surface area contributed by atoms with Gasteiger partial charge in [-0.1, -0.05) is 0 Å². The molecule has 2 rings (SSSR count). The smallest absolute Gasteiger partial charge is 0.199 e. The van der Waals surface area contributed by atoms with E-state index < -0.39 is 0 Å². The van der Waals surface area contributed by atoms with Crippen LogP contribution >= 0.6 is 0 Å². The Hall–Kier alpha value is -1.13. The largest absolute Gasteiger partial charge is 0.461 e. The average Bonchev–Trinajstić information content (AvgIpc) is 2.81. The predicted octanol–water partition coefficient (Wildman–Crippen LogP) is 1.10. The zero-order valence-corrected chi connectivity index (χ0v) is 9.69. The van der Waals surface area contributed by atoms with Crippen molar-refractivity contribution in [2.75, 3.05) is 39.8 Å². The molecule has 0 aliphatic carbocycles. The highest BCUT2D eigenvalue weighted by molar-refractivity contribution is 5.93. The average molecular weight is 222 g/mol. The van der Waals surface area contributed by atoms with Gasteiger partial charge in [-0.2, -0.15) is 0 Å². The summed E-state index contributed by atoms with van der Waals surface area (Å²) in [6, 6.07) is 3.48. The van der Waals surface area contributed by atoms with Crippen LogP contribution in [-0.2, 0) is 0 Å². The van der Waals surface area contributed by atoms with Crippen LogP contribution < -0.4 is 0 Å². The number of likely N-dealkylation sites (N-methyl/N-ethyl adjacent to an activating group) is 1. The Balaban J connectivity index is 1.73. The minimum Gasteiger partial charge on any atom is -0.461 e. The van der Waals surface area contributed by atoms with Crippen molar-refractivity contribution in [3.8, 4) is 0 Å². The Morgan fingerprint density at radius 2 is 2.12 bits per heavy atom. The van der Waals surface area contributed by atoms with E-state index in [0.717, 1.165) is 32.7 Å². The van der Waals surface area contributed by atoms with Crippen LogP contribution in [-0.4, -0.2) is 55.4 Å². The lowest BCUT2D eigenvalue weighted by atomic mass is 10.2. The van der Waals surface area contributed by atoms with Crippen molar-refractivity contribution in [3.63, 3.8) is 0 Å². The van der Waals surface area contributed by atoms with Gasteiger partial charge in [0.2, 0.25) is 0 Å². The summed E-state index contributed by atoms with van der Waals surface area (Å²) in [6.07, 6.45) is 2.10. The highest BCUT2D eigenvalue weighted by atomic mass is 16.3. The zero-order valence-electron chi connectivity index (χ0n) is 9.69.